The van der Waals surface area contributed by atoms with Crippen LogP contribution in [0.5, 0.6) is 5.75 Å². The van der Waals surface area contributed by atoms with Crippen molar-refractivity contribution in [2.45, 2.75) is 50.7 Å². The number of rotatable bonds is 2. The number of amides is 1. The van der Waals surface area contributed by atoms with Crippen molar-refractivity contribution in [1.29, 1.82) is 0 Å². The molecule has 2 aliphatic rings. The first-order chi connectivity index (χ1) is 12.2. The molecule has 1 aromatic carbocycles. The molecule has 132 valence electrons. The lowest BCUT2D eigenvalue weighted by Crippen LogP contribution is -2.40. The Morgan fingerprint density at radius 1 is 1.16 bits per heavy atom. The molecule has 1 unspecified atom stereocenters. The highest BCUT2D eigenvalue weighted by molar-refractivity contribution is 5.84. The van der Waals surface area contributed by atoms with E-state index in [1.165, 1.54) is 12.5 Å². The molecule has 1 saturated carbocycles. The van der Waals surface area contributed by atoms with E-state index in [4.69, 9.17) is 9.47 Å². The number of H-pyrrole nitrogens is 1. The number of hydrogen-bond donors (Lipinski definition) is 2. The van der Waals surface area contributed by atoms with Gasteiger partial charge >= 0.3 is 6.09 Å². The highest BCUT2D eigenvalue weighted by Crippen LogP contribution is 2.31. The molecule has 1 atom stereocenters. The summed E-state index contributed by atoms with van der Waals surface area (Å²) in [5.74, 6) is 0.784. The number of carbonyl (C=O) groups is 1. The number of benzene rings is 1. The average molecular weight is 342 g/mol. The largest absolute Gasteiger partial charge is 0.489 e. The second kappa shape index (κ2) is 6.78. The smallest absolute Gasteiger partial charge is 0.407 e. The second-order valence-electron chi connectivity index (χ2n) is 6.85. The van der Waals surface area contributed by atoms with Crippen molar-refractivity contribution in [1.82, 2.24) is 10.3 Å². The predicted octanol–water partition coefficient (Wildman–Crippen LogP) is 2.89. The number of alkyl carbamates (subject to hydrolysis) is 1. The average Bonchev–Trinajstić information content (AvgIpc) is 2.62. The van der Waals surface area contributed by atoms with E-state index in [0.717, 1.165) is 47.9 Å². The van der Waals surface area contributed by atoms with Crippen LogP contribution < -0.4 is 15.6 Å². The van der Waals surface area contributed by atoms with Gasteiger partial charge in [0.2, 0.25) is 5.56 Å². The monoisotopic (exact) mass is 342 g/mol. The fourth-order valence-corrected chi connectivity index (χ4v) is 3.77. The van der Waals surface area contributed by atoms with Crippen molar-refractivity contribution in [3.8, 4) is 5.75 Å². The van der Waals surface area contributed by atoms with Crippen LogP contribution in [0, 0.1) is 0 Å². The molecule has 1 aliphatic heterocycles. The Morgan fingerprint density at radius 3 is 2.84 bits per heavy atom. The van der Waals surface area contributed by atoms with E-state index in [-0.39, 0.29) is 23.8 Å². The topological polar surface area (TPSA) is 80.4 Å². The molecule has 0 saturated heterocycles. The molecule has 0 bridgehead atoms. The molecule has 1 aliphatic carbocycles. The van der Waals surface area contributed by atoms with Crippen molar-refractivity contribution in [2.75, 3.05) is 6.61 Å². The van der Waals surface area contributed by atoms with E-state index in [2.05, 4.69) is 10.3 Å². The molecular formula is C19H22N2O4. The van der Waals surface area contributed by atoms with Crippen LogP contribution in [0.4, 0.5) is 4.79 Å². The van der Waals surface area contributed by atoms with E-state index in [1.807, 2.05) is 12.1 Å². The van der Waals surface area contributed by atoms with Gasteiger partial charge in [0.1, 0.15) is 18.5 Å². The highest BCUT2D eigenvalue weighted by atomic mass is 16.6. The minimum absolute atomic E-state index is 0.135. The number of hydrogen-bond acceptors (Lipinski definition) is 4. The Bertz CT molecular complexity index is 839. The summed E-state index contributed by atoms with van der Waals surface area (Å²) < 4.78 is 11.3. The van der Waals surface area contributed by atoms with Gasteiger partial charge in [0.25, 0.3) is 0 Å². The maximum absolute atomic E-state index is 12.2. The predicted molar refractivity (Wildman–Crippen MR) is 94.0 cm³/mol. The summed E-state index contributed by atoms with van der Waals surface area (Å²) in [7, 11) is 0. The lowest BCUT2D eigenvalue weighted by molar-refractivity contribution is 0.0532. The van der Waals surface area contributed by atoms with E-state index in [0.29, 0.717) is 13.0 Å². The molecule has 0 spiro atoms. The Hall–Kier alpha value is -2.50. The van der Waals surface area contributed by atoms with Crippen molar-refractivity contribution in [3.63, 3.8) is 0 Å². The summed E-state index contributed by atoms with van der Waals surface area (Å²) in [6.07, 6.45) is 5.51. The zero-order valence-corrected chi connectivity index (χ0v) is 14.0. The molecule has 1 aromatic heterocycles. The summed E-state index contributed by atoms with van der Waals surface area (Å²) in [6.45, 7) is 0.347. The van der Waals surface area contributed by atoms with Crippen LogP contribution in [0.3, 0.4) is 0 Å². The van der Waals surface area contributed by atoms with Gasteiger partial charge in [0.05, 0.1) is 0 Å². The van der Waals surface area contributed by atoms with Gasteiger partial charge in [-0.2, -0.15) is 0 Å². The van der Waals surface area contributed by atoms with Gasteiger partial charge in [-0.1, -0.05) is 19.3 Å². The third kappa shape index (κ3) is 3.48. The molecule has 0 radical (unpaired) electrons. The Morgan fingerprint density at radius 2 is 2.00 bits per heavy atom. The Kier molecular flexibility index (Phi) is 4.34. The summed E-state index contributed by atoms with van der Waals surface area (Å²) >= 11 is 0. The SMILES string of the molecule is O=C(NC1CCCCC1)OC1COc2ccc3[nH]c(=O)ccc3c2C1. The first-order valence-corrected chi connectivity index (χ1v) is 8.94. The number of aromatic amines is 1. The summed E-state index contributed by atoms with van der Waals surface area (Å²) in [4.78, 5) is 26.5. The lowest BCUT2D eigenvalue weighted by Gasteiger charge is -2.28. The molecule has 2 aromatic rings. The minimum Gasteiger partial charge on any atom is -0.489 e. The molecular weight excluding hydrogens is 320 g/mol. The van der Waals surface area contributed by atoms with Crippen LogP contribution in [0.25, 0.3) is 10.9 Å². The number of pyridine rings is 1. The normalized spacial score (nSPS) is 20.6. The fourth-order valence-electron chi connectivity index (χ4n) is 3.77. The number of fused-ring (bicyclic) bond motifs is 3. The van der Waals surface area contributed by atoms with Crippen molar-refractivity contribution in [3.05, 3.63) is 40.2 Å². The Balaban J connectivity index is 1.46. The third-order valence-electron chi connectivity index (χ3n) is 5.03. The van der Waals surface area contributed by atoms with Gasteiger partial charge in [-0.15, -0.1) is 0 Å². The van der Waals surface area contributed by atoms with E-state index < -0.39 is 0 Å². The molecule has 4 rings (SSSR count). The van der Waals surface area contributed by atoms with Gasteiger partial charge < -0.3 is 19.8 Å². The van der Waals surface area contributed by atoms with Crippen LogP contribution >= 0.6 is 0 Å². The van der Waals surface area contributed by atoms with Gasteiger partial charge in [-0.3, -0.25) is 4.79 Å². The van der Waals surface area contributed by atoms with Crippen LogP contribution in [0.15, 0.2) is 29.1 Å². The van der Waals surface area contributed by atoms with E-state index in [1.54, 1.807) is 6.07 Å². The van der Waals surface area contributed by atoms with Crippen LogP contribution in [-0.2, 0) is 11.2 Å². The number of ether oxygens (including phenoxy) is 2. The van der Waals surface area contributed by atoms with Gasteiger partial charge in [-0.25, -0.2) is 4.79 Å². The molecule has 6 nitrogen and oxygen atoms in total. The Labute approximate surface area is 145 Å². The zero-order chi connectivity index (χ0) is 17.2. The molecule has 1 fully saturated rings. The van der Waals surface area contributed by atoms with Crippen LogP contribution in [0.1, 0.15) is 37.7 Å². The molecule has 2 N–H and O–H groups in total. The van der Waals surface area contributed by atoms with Crippen molar-refractivity contribution in [2.24, 2.45) is 0 Å². The molecule has 1 amide bonds. The van der Waals surface area contributed by atoms with Crippen molar-refractivity contribution >= 4 is 17.0 Å². The third-order valence-corrected chi connectivity index (χ3v) is 5.03. The van der Waals surface area contributed by atoms with Crippen LogP contribution in [0.2, 0.25) is 0 Å². The highest BCUT2D eigenvalue weighted by Gasteiger charge is 2.26. The number of carbonyl (C=O) groups excluding carboxylic acids is 1. The molecule has 2 heterocycles. The standard InChI is InChI=1S/C19H22N2O4/c22-18-9-6-14-15-10-13(11-24-17(15)8-7-16(14)21-18)25-19(23)20-12-4-2-1-3-5-12/h6-9,12-13H,1-5,10-11H2,(H,20,23)(H,21,22). The maximum atomic E-state index is 12.2. The molecule has 25 heavy (non-hydrogen) atoms. The van der Waals surface area contributed by atoms with Crippen molar-refractivity contribution < 1.29 is 14.3 Å². The quantitative estimate of drug-likeness (QED) is 0.879. The van der Waals surface area contributed by atoms with E-state index in [9.17, 15) is 9.59 Å². The van der Waals surface area contributed by atoms with Gasteiger partial charge in [0, 0.05) is 35.0 Å². The molecule has 6 heteroatoms. The zero-order valence-electron chi connectivity index (χ0n) is 14.0. The minimum atomic E-state index is -0.363. The van der Waals surface area contributed by atoms with Gasteiger partial charge in [0.15, 0.2) is 0 Å². The first kappa shape index (κ1) is 16.0. The number of aromatic nitrogens is 1. The summed E-state index contributed by atoms with van der Waals surface area (Å²) in [5.41, 5.74) is 1.60. The summed E-state index contributed by atoms with van der Waals surface area (Å²) in [6, 6.07) is 7.21. The fraction of sp³-hybridized carbons (Fsp3) is 0.474. The maximum Gasteiger partial charge on any atom is 0.407 e. The number of nitrogens with one attached hydrogen (secondary N) is 2. The first-order valence-electron chi connectivity index (χ1n) is 8.94. The van der Waals surface area contributed by atoms with Gasteiger partial charge in [-0.05, 0) is 31.0 Å². The van der Waals surface area contributed by atoms with Crippen LogP contribution in [-0.4, -0.2) is 29.8 Å². The lowest BCUT2D eigenvalue weighted by atomic mass is 9.96. The summed E-state index contributed by atoms with van der Waals surface area (Å²) in [5, 5.41) is 3.90. The second-order valence-corrected chi connectivity index (χ2v) is 6.85. The van der Waals surface area contributed by atoms with E-state index >= 15 is 0 Å².